The van der Waals surface area contributed by atoms with Gasteiger partial charge in [-0.1, -0.05) is 32.3 Å². The molecule has 0 bridgehead atoms. The van der Waals surface area contributed by atoms with Crippen LogP contribution in [-0.4, -0.2) is 22.5 Å². The van der Waals surface area contributed by atoms with Gasteiger partial charge in [-0.15, -0.1) is 0 Å². The number of Topliss-reactive ketones (excluding diaryl/α,β-unsaturated/α-hetero) is 1. The maximum absolute atomic E-state index is 11.6. The Hall–Kier alpha value is -1.23. The molecular weight excluding hydrogens is 232 g/mol. The minimum Gasteiger partial charge on any atom is -0.370 e. The summed E-state index contributed by atoms with van der Waals surface area (Å²) in [5, 5.41) is 3.90. The van der Waals surface area contributed by atoms with E-state index in [9.17, 15) is 4.79 Å². The highest BCUT2D eigenvalue weighted by atomic mass is 16.5. The van der Waals surface area contributed by atoms with Crippen LogP contribution < -0.4 is 0 Å². The van der Waals surface area contributed by atoms with Gasteiger partial charge in [0.05, 0.1) is 6.42 Å². The molecule has 18 heavy (non-hydrogen) atoms. The molecule has 0 aliphatic rings. The highest BCUT2D eigenvalue weighted by molar-refractivity contribution is 5.81. The van der Waals surface area contributed by atoms with Gasteiger partial charge in [-0.05, 0) is 13.3 Å². The molecule has 1 heterocycles. The first-order valence-corrected chi connectivity index (χ1v) is 6.55. The van der Waals surface area contributed by atoms with Gasteiger partial charge in [-0.2, -0.15) is 4.98 Å². The predicted octanol–water partition coefficient (Wildman–Crippen LogP) is 2.71. The fourth-order valence-corrected chi connectivity index (χ4v) is 1.57. The van der Waals surface area contributed by atoms with Crippen molar-refractivity contribution < 1.29 is 14.1 Å². The van der Waals surface area contributed by atoms with E-state index in [0.29, 0.717) is 18.3 Å². The first-order chi connectivity index (χ1) is 8.58. The molecule has 1 aromatic rings. The van der Waals surface area contributed by atoms with Crippen LogP contribution in [0.25, 0.3) is 0 Å². The Kier molecular flexibility index (Phi) is 5.98. The Morgan fingerprint density at radius 3 is 2.67 bits per heavy atom. The monoisotopic (exact) mass is 254 g/mol. The van der Waals surface area contributed by atoms with E-state index < -0.39 is 0 Å². The second kappa shape index (κ2) is 7.26. The Balaban J connectivity index is 2.68. The van der Waals surface area contributed by atoms with Crippen molar-refractivity contribution in [2.45, 2.75) is 53.1 Å². The molecular formula is C13H22N2O3. The molecule has 1 aromatic heterocycles. The van der Waals surface area contributed by atoms with Gasteiger partial charge in [0, 0.05) is 12.5 Å². The first kappa shape index (κ1) is 14.8. The van der Waals surface area contributed by atoms with E-state index in [-0.39, 0.29) is 24.2 Å². The van der Waals surface area contributed by atoms with Crippen LogP contribution in [0.2, 0.25) is 0 Å². The van der Waals surface area contributed by atoms with E-state index in [1.54, 1.807) is 0 Å². The van der Waals surface area contributed by atoms with Gasteiger partial charge in [0.15, 0.2) is 0 Å². The highest BCUT2D eigenvalue weighted by Gasteiger charge is 2.19. The van der Waals surface area contributed by atoms with Gasteiger partial charge >= 0.3 is 0 Å². The van der Waals surface area contributed by atoms with Crippen LogP contribution in [0.3, 0.4) is 0 Å². The standard InChI is InChI=1S/C13H22N2O3/c1-5-7-11(17-6-2)13-14-12(18-15-13)8-10(16)9(3)4/h9,11H,5-8H2,1-4H3. The maximum Gasteiger partial charge on any atom is 0.234 e. The topological polar surface area (TPSA) is 65.2 Å². The molecule has 0 amide bonds. The lowest BCUT2D eigenvalue weighted by Crippen LogP contribution is -2.11. The summed E-state index contributed by atoms with van der Waals surface area (Å²) in [6.07, 6.45) is 1.91. The summed E-state index contributed by atoms with van der Waals surface area (Å²) in [7, 11) is 0. The predicted molar refractivity (Wildman–Crippen MR) is 67.1 cm³/mol. The van der Waals surface area contributed by atoms with Gasteiger partial charge in [0.1, 0.15) is 11.9 Å². The van der Waals surface area contributed by atoms with Crippen molar-refractivity contribution in [3.05, 3.63) is 11.7 Å². The number of hydrogen-bond acceptors (Lipinski definition) is 5. The molecule has 0 radical (unpaired) electrons. The SMILES string of the molecule is CCCC(OCC)c1noc(CC(=O)C(C)C)n1. The van der Waals surface area contributed by atoms with Gasteiger partial charge in [-0.3, -0.25) is 4.79 Å². The van der Waals surface area contributed by atoms with Crippen molar-refractivity contribution in [1.82, 2.24) is 10.1 Å². The Morgan fingerprint density at radius 1 is 1.39 bits per heavy atom. The number of carbonyl (C=O) groups excluding carboxylic acids is 1. The number of ether oxygens (including phenoxy) is 1. The van der Waals surface area contributed by atoms with Crippen molar-refractivity contribution in [2.75, 3.05) is 6.61 Å². The molecule has 0 saturated heterocycles. The number of aromatic nitrogens is 2. The van der Waals surface area contributed by atoms with E-state index in [0.717, 1.165) is 12.8 Å². The second-order valence-corrected chi connectivity index (χ2v) is 4.58. The van der Waals surface area contributed by atoms with Gasteiger partial charge < -0.3 is 9.26 Å². The van der Waals surface area contributed by atoms with Gasteiger partial charge in [0.2, 0.25) is 11.7 Å². The van der Waals surface area contributed by atoms with E-state index in [4.69, 9.17) is 9.26 Å². The lowest BCUT2D eigenvalue weighted by molar-refractivity contribution is -0.121. The van der Waals surface area contributed by atoms with Crippen LogP contribution in [0.15, 0.2) is 4.52 Å². The molecule has 0 saturated carbocycles. The molecule has 5 nitrogen and oxygen atoms in total. The van der Waals surface area contributed by atoms with E-state index >= 15 is 0 Å². The molecule has 0 N–H and O–H groups in total. The third-order valence-electron chi connectivity index (χ3n) is 2.66. The summed E-state index contributed by atoms with van der Waals surface area (Å²) in [5.41, 5.74) is 0. The highest BCUT2D eigenvalue weighted by Crippen LogP contribution is 2.20. The fraction of sp³-hybridized carbons (Fsp3) is 0.769. The summed E-state index contributed by atoms with van der Waals surface area (Å²) in [6, 6.07) is 0. The van der Waals surface area contributed by atoms with E-state index in [1.807, 2.05) is 20.8 Å². The average Bonchev–Trinajstić information content (AvgIpc) is 2.77. The Morgan fingerprint density at radius 2 is 2.11 bits per heavy atom. The van der Waals surface area contributed by atoms with Crippen molar-refractivity contribution in [2.24, 2.45) is 5.92 Å². The van der Waals surface area contributed by atoms with Gasteiger partial charge in [-0.25, -0.2) is 0 Å². The van der Waals surface area contributed by atoms with Crippen molar-refractivity contribution in [1.29, 1.82) is 0 Å². The average molecular weight is 254 g/mol. The van der Waals surface area contributed by atoms with Crippen LogP contribution in [0.4, 0.5) is 0 Å². The molecule has 5 heteroatoms. The number of rotatable bonds is 8. The second-order valence-electron chi connectivity index (χ2n) is 4.58. The third-order valence-corrected chi connectivity index (χ3v) is 2.66. The lowest BCUT2D eigenvalue weighted by Gasteiger charge is -2.11. The third kappa shape index (κ3) is 4.22. The molecule has 0 fully saturated rings. The summed E-state index contributed by atoms with van der Waals surface area (Å²) in [6.45, 7) is 8.35. The van der Waals surface area contributed by atoms with Crippen LogP contribution >= 0.6 is 0 Å². The zero-order chi connectivity index (χ0) is 13.5. The van der Waals surface area contributed by atoms with Crippen molar-refractivity contribution >= 4 is 5.78 Å². The summed E-state index contributed by atoms with van der Waals surface area (Å²) < 4.78 is 10.7. The summed E-state index contributed by atoms with van der Waals surface area (Å²) >= 11 is 0. The lowest BCUT2D eigenvalue weighted by atomic mass is 10.1. The minimum atomic E-state index is -0.133. The molecule has 1 rings (SSSR count). The largest absolute Gasteiger partial charge is 0.370 e. The van der Waals surface area contributed by atoms with Crippen LogP contribution in [-0.2, 0) is 16.0 Å². The minimum absolute atomic E-state index is 0.0151. The summed E-state index contributed by atoms with van der Waals surface area (Å²) in [5.74, 6) is 1.02. The van der Waals surface area contributed by atoms with Crippen LogP contribution in [0.5, 0.6) is 0 Å². The quantitative estimate of drug-likeness (QED) is 0.713. The smallest absolute Gasteiger partial charge is 0.234 e. The molecule has 0 spiro atoms. The molecule has 1 unspecified atom stereocenters. The van der Waals surface area contributed by atoms with Crippen molar-refractivity contribution in [3.63, 3.8) is 0 Å². The number of hydrogen-bond donors (Lipinski definition) is 0. The first-order valence-electron chi connectivity index (χ1n) is 6.55. The molecule has 0 aliphatic carbocycles. The fourth-order valence-electron chi connectivity index (χ4n) is 1.57. The maximum atomic E-state index is 11.6. The van der Waals surface area contributed by atoms with Gasteiger partial charge in [0.25, 0.3) is 0 Å². The number of ketones is 1. The Labute approximate surface area is 108 Å². The molecule has 1 atom stereocenters. The van der Waals surface area contributed by atoms with E-state index in [2.05, 4.69) is 17.1 Å². The molecule has 0 aromatic carbocycles. The van der Waals surface area contributed by atoms with Crippen LogP contribution in [0.1, 0.15) is 58.4 Å². The van der Waals surface area contributed by atoms with E-state index in [1.165, 1.54) is 0 Å². The summed E-state index contributed by atoms with van der Waals surface area (Å²) in [4.78, 5) is 15.8. The molecule has 102 valence electrons. The zero-order valence-corrected chi connectivity index (χ0v) is 11.6. The Bertz CT molecular complexity index is 368. The normalized spacial score (nSPS) is 12.9. The van der Waals surface area contributed by atoms with Crippen molar-refractivity contribution in [3.8, 4) is 0 Å². The zero-order valence-electron chi connectivity index (χ0n) is 11.6. The van der Waals surface area contributed by atoms with Crippen LogP contribution in [0, 0.1) is 5.92 Å². The molecule has 0 aliphatic heterocycles. The number of nitrogens with zero attached hydrogens (tertiary/aromatic N) is 2. The number of carbonyl (C=O) groups is 1.